The first-order valence-corrected chi connectivity index (χ1v) is 8.09. The van der Waals surface area contributed by atoms with Crippen LogP contribution in [-0.4, -0.2) is 22.6 Å². The lowest BCUT2D eigenvalue weighted by Gasteiger charge is -2.25. The van der Waals surface area contributed by atoms with Crippen molar-refractivity contribution in [3.05, 3.63) is 52.0 Å². The lowest BCUT2D eigenvalue weighted by Crippen LogP contribution is -2.35. The molecule has 20 heavy (non-hydrogen) atoms. The van der Waals surface area contributed by atoms with Crippen LogP contribution in [0.2, 0.25) is 0 Å². The smallest absolute Gasteiger partial charge is 0.106 e. The maximum atomic E-state index is 4.25. The van der Waals surface area contributed by atoms with Crippen LogP contribution >= 0.6 is 15.9 Å². The van der Waals surface area contributed by atoms with Crippen LogP contribution in [0.3, 0.4) is 0 Å². The molecule has 0 amide bonds. The molecule has 2 N–H and O–H groups in total. The summed E-state index contributed by atoms with van der Waals surface area (Å²) >= 11 is 3.55. The lowest BCUT2D eigenvalue weighted by molar-refractivity contribution is 0.453. The maximum absolute atomic E-state index is 4.25. The molecule has 106 valence electrons. The molecule has 1 aromatic heterocycles. The van der Waals surface area contributed by atoms with Gasteiger partial charge in [-0.2, -0.15) is 0 Å². The molecule has 0 saturated carbocycles. The highest BCUT2D eigenvalue weighted by molar-refractivity contribution is 9.10. The van der Waals surface area contributed by atoms with Crippen molar-refractivity contribution < 1.29 is 0 Å². The Balaban J connectivity index is 1.45. The Kier molecular flexibility index (Phi) is 4.53. The van der Waals surface area contributed by atoms with E-state index in [1.807, 2.05) is 12.4 Å². The third-order valence-electron chi connectivity index (χ3n) is 3.97. The molecular weight excluding hydrogens is 314 g/mol. The van der Waals surface area contributed by atoms with E-state index < -0.39 is 0 Å². The van der Waals surface area contributed by atoms with Crippen LogP contribution in [0.4, 0.5) is 0 Å². The molecule has 1 heterocycles. The van der Waals surface area contributed by atoms with E-state index in [1.165, 1.54) is 28.4 Å². The van der Waals surface area contributed by atoms with E-state index in [1.54, 1.807) is 0 Å². The average Bonchev–Trinajstić information content (AvgIpc) is 2.97. The first kappa shape index (κ1) is 13.8. The number of benzene rings is 1. The molecule has 0 saturated heterocycles. The SMILES string of the molecule is Brc1ccc2c(c1)CCC(NCCCc1ncc[nH]1)C2. The molecule has 0 radical (unpaired) electrons. The van der Waals surface area contributed by atoms with Crippen LogP contribution in [-0.2, 0) is 19.3 Å². The minimum atomic E-state index is 0.625. The van der Waals surface area contributed by atoms with E-state index in [4.69, 9.17) is 0 Å². The van der Waals surface area contributed by atoms with Crippen LogP contribution < -0.4 is 5.32 Å². The number of aromatic amines is 1. The number of hydrogen-bond acceptors (Lipinski definition) is 2. The summed E-state index contributed by atoms with van der Waals surface area (Å²) in [6, 6.07) is 7.30. The highest BCUT2D eigenvalue weighted by atomic mass is 79.9. The van der Waals surface area contributed by atoms with Crippen molar-refractivity contribution in [1.82, 2.24) is 15.3 Å². The van der Waals surface area contributed by atoms with Crippen molar-refractivity contribution in [2.75, 3.05) is 6.54 Å². The highest BCUT2D eigenvalue weighted by Crippen LogP contribution is 2.24. The molecule has 1 aliphatic rings. The summed E-state index contributed by atoms with van der Waals surface area (Å²) < 4.78 is 1.20. The molecule has 0 aliphatic heterocycles. The zero-order valence-corrected chi connectivity index (χ0v) is 13.1. The van der Waals surface area contributed by atoms with Crippen molar-refractivity contribution in [1.29, 1.82) is 0 Å². The summed E-state index contributed by atoms with van der Waals surface area (Å²) in [7, 11) is 0. The predicted octanol–water partition coefficient (Wildman–Crippen LogP) is 3.25. The summed E-state index contributed by atoms with van der Waals surface area (Å²) in [5.74, 6) is 1.09. The molecule has 1 atom stereocenters. The van der Waals surface area contributed by atoms with E-state index in [0.717, 1.165) is 31.6 Å². The number of halogens is 1. The van der Waals surface area contributed by atoms with E-state index in [-0.39, 0.29) is 0 Å². The molecule has 1 unspecified atom stereocenters. The summed E-state index contributed by atoms with van der Waals surface area (Å²) in [5.41, 5.74) is 3.01. The number of nitrogens with zero attached hydrogens (tertiary/aromatic N) is 1. The van der Waals surface area contributed by atoms with Crippen LogP contribution in [0.15, 0.2) is 35.1 Å². The van der Waals surface area contributed by atoms with Crippen molar-refractivity contribution in [3.8, 4) is 0 Å². The van der Waals surface area contributed by atoms with Gasteiger partial charge < -0.3 is 10.3 Å². The Morgan fingerprint density at radius 1 is 1.35 bits per heavy atom. The molecule has 1 aliphatic carbocycles. The fourth-order valence-corrected chi connectivity index (χ4v) is 3.30. The van der Waals surface area contributed by atoms with Gasteiger partial charge in [-0.1, -0.05) is 22.0 Å². The number of nitrogens with one attached hydrogen (secondary N) is 2. The molecule has 3 nitrogen and oxygen atoms in total. The van der Waals surface area contributed by atoms with Gasteiger partial charge in [0.1, 0.15) is 5.82 Å². The van der Waals surface area contributed by atoms with E-state index in [0.29, 0.717) is 6.04 Å². The zero-order chi connectivity index (χ0) is 13.8. The lowest BCUT2D eigenvalue weighted by atomic mass is 9.88. The van der Waals surface area contributed by atoms with E-state index >= 15 is 0 Å². The van der Waals surface area contributed by atoms with Crippen molar-refractivity contribution in [2.24, 2.45) is 0 Å². The van der Waals surface area contributed by atoms with Gasteiger partial charge in [0.2, 0.25) is 0 Å². The molecular formula is C16H20BrN3. The molecule has 0 bridgehead atoms. The summed E-state index contributed by atoms with van der Waals surface area (Å²) in [5, 5.41) is 3.69. The molecule has 1 aromatic carbocycles. The first-order chi connectivity index (χ1) is 9.81. The monoisotopic (exact) mass is 333 g/mol. The Hall–Kier alpha value is -1.13. The van der Waals surface area contributed by atoms with Gasteiger partial charge >= 0.3 is 0 Å². The van der Waals surface area contributed by atoms with Gasteiger partial charge in [0, 0.05) is 29.3 Å². The van der Waals surface area contributed by atoms with Crippen LogP contribution in [0.1, 0.15) is 29.8 Å². The van der Waals surface area contributed by atoms with Gasteiger partial charge in [0.25, 0.3) is 0 Å². The number of H-pyrrole nitrogens is 1. The maximum Gasteiger partial charge on any atom is 0.106 e. The first-order valence-electron chi connectivity index (χ1n) is 7.30. The van der Waals surface area contributed by atoms with Gasteiger partial charge in [-0.25, -0.2) is 4.98 Å². The van der Waals surface area contributed by atoms with Gasteiger partial charge in [0.15, 0.2) is 0 Å². The fraction of sp³-hybridized carbons (Fsp3) is 0.438. The van der Waals surface area contributed by atoms with Crippen molar-refractivity contribution >= 4 is 15.9 Å². The standard InChI is InChI=1S/C16H20BrN3/c17-14-5-3-13-11-15(6-4-12(13)10-14)18-7-1-2-16-19-8-9-20-16/h3,5,8-10,15,18H,1-2,4,6-7,11H2,(H,19,20). The number of rotatable bonds is 5. The summed E-state index contributed by atoms with van der Waals surface area (Å²) in [6.45, 7) is 1.07. The topological polar surface area (TPSA) is 40.7 Å². The number of fused-ring (bicyclic) bond motifs is 1. The van der Waals surface area contributed by atoms with Crippen molar-refractivity contribution in [2.45, 2.75) is 38.1 Å². The average molecular weight is 334 g/mol. The number of aromatic nitrogens is 2. The van der Waals surface area contributed by atoms with Gasteiger partial charge in [-0.15, -0.1) is 0 Å². The van der Waals surface area contributed by atoms with E-state index in [9.17, 15) is 0 Å². The third-order valence-corrected chi connectivity index (χ3v) is 4.47. The molecule has 2 aromatic rings. The molecule has 0 fully saturated rings. The Morgan fingerprint density at radius 3 is 3.15 bits per heavy atom. The second-order valence-corrected chi connectivity index (χ2v) is 6.36. The molecule has 4 heteroatoms. The van der Waals surface area contributed by atoms with E-state index in [2.05, 4.69) is 49.4 Å². The van der Waals surface area contributed by atoms with Crippen LogP contribution in [0.25, 0.3) is 0 Å². The third kappa shape index (κ3) is 3.49. The number of aryl methyl sites for hydroxylation is 2. The second-order valence-electron chi connectivity index (χ2n) is 5.45. The largest absolute Gasteiger partial charge is 0.349 e. The second kappa shape index (κ2) is 6.55. The summed E-state index contributed by atoms with van der Waals surface area (Å²) in [4.78, 5) is 7.40. The number of imidazole rings is 1. The summed E-state index contributed by atoms with van der Waals surface area (Å²) in [6.07, 6.45) is 9.45. The van der Waals surface area contributed by atoms with Crippen LogP contribution in [0, 0.1) is 0 Å². The Morgan fingerprint density at radius 2 is 2.30 bits per heavy atom. The highest BCUT2D eigenvalue weighted by Gasteiger charge is 2.17. The van der Waals surface area contributed by atoms with Gasteiger partial charge in [-0.05, 0) is 55.5 Å². The minimum Gasteiger partial charge on any atom is -0.349 e. The Labute approximate surface area is 128 Å². The normalized spacial score (nSPS) is 17.9. The van der Waals surface area contributed by atoms with Crippen LogP contribution in [0.5, 0.6) is 0 Å². The predicted molar refractivity (Wildman–Crippen MR) is 84.9 cm³/mol. The zero-order valence-electron chi connectivity index (χ0n) is 11.5. The van der Waals surface area contributed by atoms with Crippen molar-refractivity contribution in [3.63, 3.8) is 0 Å². The molecule has 3 rings (SSSR count). The van der Waals surface area contributed by atoms with Gasteiger partial charge in [-0.3, -0.25) is 0 Å². The minimum absolute atomic E-state index is 0.625. The van der Waals surface area contributed by atoms with Gasteiger partial charge in [0.05, 0.1) is 0 Å². The Bertz CT molecular complexity index is 551. The quantitative estimate of drug-likeness (QED) is 0.824. The molecule has 0 spiro atoms. The fourth-order valence-electron chi connectivity index (χ4n) is 2.89. The number of hydrogen-bond donors (Lipinski definition) is 2.